The van der Waals surface area contributed by atoms with Crippen LogP contribution in [0.2, 0.25) is 0 Å². The molecule has 0 saturated heterocycles. The summed E-state index contributed by atoms with van der Waals surface area (Å²) in [5.41, 5.74) is 1.75. The molecule has 0 spiro atoms. The first-order chi connectivity index (χ1) is 11.7. The third-order valence-electron chi connectivity index (χ3n) is 4.18. The van der Waals surface area contributed by atoms with E-state index < -0.39 is 0 Å². The standard InChI is InChI=1S/C18H21N3O2S/c1-2-21-11-10-14-16(12-21)24-18(19-14)20-17(23)9-8-15(22)13-6-4-3-5-7-13/h3-7H,2,8-12H2,1H3,(H,19,20,23). The molecule has 0 fully saturated rings. The van der Waals surface area contributed by atoms with E-state index in [4.69, 9.17) is 0 Å². The molecule has 2 heterocycles. The van der Waals surface area contributed by atoms with Crippen LogP contribution in [0.1, 0.15) is 40.7 Å². The lowest BCUT2D eigenvalue weighted by atomic mass is 10.1. The van der Waals surface area contributed by atoms with Crippen molar-refractivity contribution < 1.29 is 9.59 Å². The van der Waals surface area contributed by atoms with E-state index in [0.29, 0.717) is 10.7 Å². The average molecular weight is 343 g/mol. The predicted octanol–water partition coefficient (Wildman–Crippen LogP) is 3.12. The Labute approximate surface area is 145 Å². The Bertz CT molecular complexity index is 727. The van der Waals surface area contributed by atoms with E-state index in [9.17, 15) is 9.59 Å². The number of amides is 1. The highest BCUT2D eigenvalue weighted by molar-refractivity contribution is 7.15. The molecule has 0 aliphatic carbocycles. The summed E-state index contributed by atoms with van der Waals surface area (Å²) in [6.45, 7) is 5.11. The maximum Gasteiger partial charge on any atom is 0.226 e. The van der Waals surface area contributed by atoms with Crippen LogP contribution in [0.15, 0.2) is 30.3 Å². The van der Waals surface area contributed by atoms with Crippen LogP contribution in [0.4, 0.5) is 5.13 Å². The monoisotopic (exact) mass is 343 g/mol. The van der Waals surface area contributed by atoms with Gasteiger partial charge in [-0.3, -0.25) is 14.5 Å². The molecule has 3 rings (SSSR count). The molecule has 1 aromatic heterocycles. The van der Waals surface area contributed by atoms with E-state index in [1.165, 1.54) is 4.88 Å². The van der Waals surface area contributed by atoms with Gasteiger partial charge in [0, 0.05) is 42.8 Å². The largest absolute Gasteiger partial charge is 0.302 e. The molecule has 0 saturated carbocycles. The highest BCUT2D eigenvalue weighted by Crippen LogP contribution is 2.28. The number of carbonyl (C=O) groups excluding carboxylic acids is 2. The quantitative estimate of drug-likeness (QED) is 0.819. The molecule has 0 atom stereocenters. The Morgan fingerprint density at radius 1 is 1.25 bits per heavy atom. The third kappa shape index (κ3) is 4.07. The fourth-order valence-electron chi connectivity index (χ4n) is 2.75. The number of benzene rings is 1. The van der Waals surface area contributed by atoms with Crippen molar-refractivity contribution in [2.45, 2.75) is 32.7 Å². The van der Waals surface area contributed by atoms with Gasteiger partial charge >= 0.3 is 0 Å². The molecule has 1 amide bonds. The van der Waals surface area contributed by atoms with Crippen LogP contribution >= 0.6 is 11.3 Å². The molecule has 2 aromatic rings. The van der Waals surface area contributed by atoms with Gasteiger partial charge < -0.3 is 5.32 Å². The molecule has 1 aromatic carbocycles. The van der Waals surface area contributed by atoms with E-state index in [2.05, 4.69) is 22.1 Å². The lowest BCUT2D eigenvalue weighted by molar-refractivity contribution is -0.116. The fourth-order valence-corrected chi connectivity index (χ4v) is 3.82. The predicted molar refractivity (Wildman–Crippen MR) is 95.4 cm³/mol. The number of anilines is 1. The molecule has 0 unspecified atom stereocenters. The van der Waals surface area contributed by atoms with Gasteiger partial charge in [-0.1, -0.05) is 37.3 Å². The molecule has 0 bridgehead atoms. The van der Waals surface area contributed by atoms with Crippen LogP contribution in [0.3, 0.4) is 0 Å². The van der Waals surface area contributed by atoms with Gasteiger partial charge in [-0.05, 0) is 6.54 Å². The summed E-state index contributed by atoms with van der Waals surface area (Å²) in [6.07, 6.45) is 1.33. The second kappa shape index (κ2) is 7.68. The molecule has 0 radical (unpaired) electrons. The van der Waals surface area contributed by atoms with Crippen LogP contribution in [-0.2, 0) is 17.8 Å². The van der Waals surface area contributed by atoms with Gasteiger partial charge in [0.1, 0.15) is 0 Å². The highest BCUT2D eigenvalue weighted by Gasteiger charge is 2.20. The molecule has 5 nitrogen and oxygen atoms in total. The van der Waals surface area contributed by atoms with E-state index in [-0.39, 0.29) is 24.5 Å². The highest BCUT2D eigenvalue weighted by atomic mass is 32.1. The Kier molecular flexibility index (Phi) is 5.37. The minimum absolute atomic E-state index is 0.0113. The summed E-state index contributed by atoms with van der Waals surface area (Å²) >= 11 is 1.54. The molecule has 1 aliphatic rings. The maximum atomic E-state index is 12.1. The van der Waals surface area contributed by atoms with Gasteiger partial charge in [-0.15, -0.1) is 11.3 Å². The second-order valence-electron chi connectivity index (χ2n) is 5.85. The number of aromatic nitrogens is 1. The number of rotatable bonds is 6. The molecular formula is C18H21N3O2S. The van der Waals surface area contributed by atoms with Crippen molar-refractivity contribution >= 4 is 28.2 Å². The van der Waals surface area contributed by atoms with Crippen molar-refractivity contribution in [3.05, 3.63) is 46.5 Å². The Morgan fingerprint density at radius 2 is 2.04 bits per heavy atom. The van der Waals surface area contributed by atoms with Gasteiger partial charge in [0.25, 0.3) is 0 Å². The lowest BCUT2D eigenvalue weighted by Crippen LogP contribution is -2.29. The summed E-state index contributed by atoms with van der Waals surface area (Å²) < 4.78 is 0. The second-order valence-corrected chi connectivity index (χ2v) is 6.93. The van der Waals surface area contributed by atoms with E-state index >= 15 is 0 Å². The number of ketones is 1. The minimum atomic E-state index is -0.155. The van der Waals surface area contributed by atoms with Gasteiger partial charge in [0.2, 0.25) is 5.91 Å². The van der Waals surface area contributed by atoms with Gasteiger partial charge in [0.05, 0.1) is 5.69 Å². The first kappa shape index (κ1) is 16.8. The van der Waals surface area contributed by atoms with Crippen LogP contribution in [0.5, 0.6) is 0 Å². The zero-order valence-electron chi connectivity index (χ0n) is 13.7. The minimum Gasteiger partial charge on any atom is -0.302 e. The summed E-state index contributed by atoms with van der Waals surface area (Å²) in [6, 6.07) is 9.07. The van der Waals surface area contributed by atoms with Crippen LogP contribution in [0.25, 0.3) is 0 Å². The Balaban J connectivity index is 1.52. The average Bonchev–Trinajstić information content (AvgIpc) is 3.01. The number of thiazole rings is 1. The smallest absolute Gasteiger partial charge is 0.226 e. The summed E-state index contributed by atoms with van der Waals surface area (Å²) in [4.78, 5) is 32.2. The number of likely N-dealkylation sites (N-methyl/N-ethyl adjacent to an activating group) is 1. The maximum absolute atomic E-state index is 12.1. The van der Waals surface area contributed by atoms with Gasteiger partial charge in [-0.2, -0.15) is 0 Å². The zero-order chi connectivity index (χ0) is 16.9. The van der Waals surface area contributed by atoms with Gasteiger partial charge in [-0.25, -0.2) is 4.98 Å². The van der Waals surface area contributed by atoms with Crippen LogP contribution in [-0.4, -0.2) is 34.7 Å². The summed E-state index contributed by atoms with van der Waals surface area (Å²) in [5.74, 6) is -0.166. The number of nitrogens with one attached hydrogen (secondary N) is 1. The van der Waals surface area contributed by atoms with Crippen molar-refractivity contribution in [3.8, 4) is 0 Å². The van der Waals surface area contributed by atoms with Crippen LogP contribution in [0, 0.1) is 0 Å². The summed E-state index contributed by atoms with van der Waals surface area (Å²) in [5, 5.41) is 3.48. The van der Waals surface area contributed by atoms with Crippen molar-refractivity contribution in [1.29, 1.82) is 0 Å². The van der Waals surface area contributed by atoms with Crippen molar-refractivity contribution in [2.75, 3.05) is 18.4 Å². The first-order valence-electron chi connectivity index (χ1n) is 8.24. The topological polar surface area (TPSA) is 62.3 Å². The number of carbonyl (C=O) groups is 2. The number of hydrogen-bond acceptors (Lipinski definition) is 5. The number of fused-ring (bicyclic) bond motifs is 1. The van der Waals surface area contributed by atoms with Crippen LogP contribution < -0.4 is 5.32 Å². The fraction of sp³-hybridized carbons (Fsp3) is 0.389. The Morgan fingerprint density at radius 3 is 2.79 bits per heavy atom. The Hall–Kier alpha value is -2.05. The van der Waals surface area contributed by atoms with E-state index in [0.717, 1.165) is 31.7 Å². The molecule has 1 aliphatic heterocycles. The SMILES string of the molecule is CCN1CCc2nc(NC(=O)CCC(=O)c3ccccc3)sc2C1. The third-order valence-corrected chi connectivity index (χ3v) is 5.18. The van der Waals surface area contributed by atoms with E-state index in [1.54, 1.807) is 23.5 Å². The molecular weight excluding hydrogens is 322 g/mol. The van der Waals surface area contributed by atoms with Crippen molar-refractivity contribution in [1.82, 2.24) is 9.88 Å². The van der Waals surface area contributed by atoms with Crippen molar-refractivity contribution in [3.63, 3.8) is 0 Å². The number of Topliss-reactive ketones (excluding diaryl/α,β-unsaturated/α-hetero) is 1. The van der Waals surface area contributed by atoms with E-state index in [1.807, 2.05) is 18.2 Å². The molecule has 126 valence electrons. The molecule has 24 heavy (non-hydrogen) atoms. The normalized spacial score (nSPS) is 14.2. The number of nitrogens with zero attached hydrogens (tertiary/aromatic N) is 2. The molecule has 1 N–H and O–H groups in total. The first-order valence-corrected chi connectivity index (χ1v) is 9.06. The van der Waals surface area contributed by atoms with Gasteiger partial charge in [0.15, 0.2) is 10.9 Å². The summed E-state index contributed by atoms with van der Waals surface area (Å²) in [7, 11) is 0. The lowest BCUT2D eigenvalue weighted by Gasteiger charge is -2.23. The number of hydrogen-bond donors (Lipinski definition) is 1. The zero-order valence-corrected chi connectivity index (χ0v) is 14.6. The van der Waals surface area contributed by atoms with Crippen molar-refractivity contribution in [2.24, 2.45) is 0 Å². The molecule has 6 heteroatoms.